The fraction of sp³-hybridized carbons (Fsp3) is 0.125. The molecule has 7 heteroatoms. The maximum absolute atomic E-state index is 10.7. The summed E-state index contributed by atoms with van der Waals surface area (Å²) >= 11 is 6.35. The summed E-state index contributed by atoms with van der Waals surface area (Å²) in [5.74, 6) is 0. The first-order valence-electron chi connectivity index (χ1n) is 3.87. The van der Waals surface area contributed by atoms with Gasteiger partial charge in [-0.1, -0.05) is 22.5 Å². The summed E-state index contributed by atoms with van der Waals surface area (Å²) in [5.41, 5.74) is 0.328. The van der Waals surface area contributed by atoms with Crippen molar-refractivity contribution in [3.05, 3.63) is 38.0 Å². The molecule has 0 saturated carbocycles. The minimum atomic E-state index is -0.489. The third-order valence-electron chi connectivity index (χ3n) is 1.53. The quantitative estimate of drug-likeness (QED) is 0.677. The number of rotatable bonds is 4. The average Bonchev–Trinajstić information content (AvgIpc) is 2.15. The van der Waals surface area contributed by atoms with Crippen LogP contribution in [0.2, 0.25) is 0 Å². The summed E-state index contributed by atoms with van der Waals surface area (Å²) in [5, 5.41) is 13.6. The van der Waals surface area contributed by atoms with Crippen LogP contribution in [0.4, 0.5) is 11.4 Å². The molecular weight excluding hydrogens is 330 g/mol. The number of pyridine rings is 1. The highest BCUT2D eigenvalue weighted by Gasteiger charge is 2.16. The van der Waals surface area contributed by atoms with E-state index in [9.17, 15) is 10.1 Å². The van der Waals surface area contributed by atoms with Crippen LogP contribution in [-0.2, 0) is 0 Å². The van der Waals surface area contributed by atoms with E-state index in [0.717, 1.165) is 0 Å². The number of aromatic nitrogens is 1. The van der Waals surface area contributed by atoms with Gasteiger partial charge in [0.1, 0.15) is 11.9 Å². The Morgan fingerprint density at radius 1 is 1.67 bits per heavy atom. The highest BCUT2D eigenvalue weighted by molar-refractivity contribution is 9.11. The molecule has 0 aliphatic carbocycles. The van der Waals surface area contributed by atoms with Crippen LogP contribution in [0.1, 0.15) is 0 Å². The van der Waals surface area contributed by atoms with E-state index in [1.807, 2.05) is 0 Å². The molecule has 1 N–H and O–H groups in total. The van der Waals surface area contributed by atoms with Gasteiger partial charge in [0, 0.05) is 17.2 Å². The predicted octanol–water partition coefficient (Wildman–Crippen LogP) is 3.07. The van der Waals surface area contributed by atoms with Gasteiger partial charge in [0.15, 0.2) is 0 Å². The maximum Gasteiger partial charge on any atom is 0.311 e. The lowest BCUT2D eigenvalue weighted by Gasteiger charge is -2.07. The van der Waals surface area contributed by atoms with Crippen LogP contribution in [0.3, 0.4) is 0 Å². The number of hydrogen-bond acceptors (Lipinski definition) is 4. The molecular formula is C8H7Br2N3O2. The van der Waals surface area contributed by atoms with Crippen molar-refractivity contribution in [1.29, 1.82) is 0 Å². The van der Waals surface area contributed by atoms with Gasteiger partial charge < -0.3 is 5.32 Å². The Morgan fingerprint density at radius 3 is 2.87 bits per heavy atom. The summed E-state index contributed by atoms with van der Waals surface area (Å²) in [4.78, 5) is 13.9. The standard InChI is InChI=1S/C8H7Br2N3O2/c1-5(9)2-12-8-6(10)3-11-4-7(8)13(14)15/h3-4H,1-2H2,(H,11,12). The number of nitrogens with one attached hydrogen (secondary N) is 1. The normalized spacial score (nSPS) is 9.73. The van der Waals surface area contributed by atoms with Crippen LogP contribution in [-0.4, -0.2) is 16.5 Å². The zero-order valence-electron chi connectivity index (χ0n) is 7.54. The smallest absolute Gasteiger partial charge is 0.311 e. The molecule has 1 aromatic rings. The van der Waals surface area contributed by atoms with E-state index in [1.54, 1.807) is 0 Å². The van der Waals surface area contributed by atoms with Gasteiger partial charge in [-0.3, -0.25) is 15.1 Å². The van der Waals surface area contributed by atoms with E-state index in [-0.39, 0.29) is 5.69 Å². The van der Waals surface area contributed by atoms with E-state index >= 15 is 0 Å². The summed E-state index contributed by atoms with van der Waals surface area (Å²) in [6.07, 6.45) is 2.69. The van der Waals surface area contributed by atoms with Crippen molar-refractivity contribution >= 4 is 43.2 Å². The van der Waals surface area contributed by atoms with Crippen LogP contribution in [0.15, 0.2) is 27.9 Å². The van der Waals surface area contributed by atoms with Gasteiger partial charge in [0.05, 0.1) is 9.40 Å². The van der Waals surface area contributed by atoms with E-state index in [1.165, 1.54) is 12.4 Å². The molecule has 0 radical (unpaired) electrons. The molecule has 1 rings (SSSR count). The minimum absolute atomic E-state index is 0.0712. The van der Waals surface area contributed by atoms with Crippen LogP contribution < -0.4 is 5.32 Å². The molecule has 5 nitrogen and oxygen atoms in total. The van der Waals surface area contributed by atoms with E-state index in [4.69, 9.17) is 0 Å². The van der Waals surface area contributed by atoms with Gasteiger partial charge >= 0.3 is 5.69 Å². The lowest BCUT2D eigenvalue weighted by Crippen LogP contribution is -2.05. The van der Waals surface area contributed by atoms with E-state index < -0.39 is 4.92 Å². The molecule has 0 aliphatic heterocycles. The maximum atomic E-state index is 10.7. The number of nitrogens with zero attached hydrogens (tertiary/aromatic N) is 2. The van der Waals surface area contributed by atoms with Gasteiger partial charge in [-0.2, -0.15) is 0 Å². The van der Waals surface area contributed by atoms with Crippen molar-refractivity contribution < 1.29 is 4.92 Å². The Hall–Kier alpha value is -0.950. The topological polar surface area (TPSA) is 68.1 Å². The minimum Gasteiger partial charge on any atom is -0.374 e. The average molecular weight is 337 g/mol. The molecule has 0 amide bonds. The molecule has 1 heterocycles. The molecule has 0 aromatic carbocycles. The van der Waals surface area contributed by atoms with Crippen molar-refractivity contribution in [1.82, 2.24) is 4.98 Å². The Bertz CT molecular complexity index is 409. The third kappa shape index (κ3) is 3.28. The highest BCUT2D eigenvalue weighted by atomic mass is 79.9. The van der Waals surface area contributed by atoms with Crippen molar-refractivity contribution in [2.24, 2.45) is 0 Å². The lowest BCUT2D eigenvalue weighted by atomic mass is 10.3. The fourth-order valence-corrected chi connectivity index (χ4v) is 1.52. The SMILES string of the molecule is C=C(Br)CNc1c(Br)cncc1[N+](=O)[O-]. The monoisotopic (exact) mass is 335 g/mol. The zero-order valence-corrected chi connectivity index (χ0v) is 10.7. The van der Waals surface area contributed by atoms with Gasteiger partial charge in [0.25, 0.3) is 0 Å². The Kier molecular flexibility index (Phi) is 4.22. The van der Waals surface area contributed by atoms with E-state index in [0.29, 0.717) is 21.2 Å². The van der Waals surface area contributed by atoms with Crippen LogP contribution in [0.5, 0.6) is 0 Å². The molecule has 0 unspecified atom stereocenters. The first kappa shape index (κ1) is 12.1. The molecule has 0 atom stereocenters. The molecule has 0 spiro atoms. The zero-order chi connectivity index (χ0) is 11.4. The van der Waals surface area contributed by atoms with Gasteiger partial charge in [-0.15, -0.1) is 0 Å². The third-order valence-corrected chi connectivity index (χ3v) is 2.41. The first-order chi connectivity index (χ1) is 7.02. The molecule has 0 fully saturated rings. The number of nitro groups is 1. The second-order valence-corrected chi connectivity index (χ2v) is 4.62. The molecule has 0 saturated heterocycles. The number of hydrogen-bond donors (Lipinski definition) is 1. The number of halogens is 2. The Balaban J connectivity index is 3.02. The number of anilines is 1. The molecule has 15 heavy (non-hydrogen) atoms. The Morgan fingerprint density at radius 2 is 2.33 bits per heavy atom. The summed E-state index contributed by atoms with van der Waals surface area (Å²) < 4.78 is 1.26. The first-order valence-corrected chi connectivity index (χ1v) is 5.46. The van der Waals surface area contributed by atoms with Gasteiger partial charge in [0.2, 0.25) is 0 Å². The molecule has 0 bridgehead atoms. The largest absolute Gasteiger partial charge is 0.374 e. The van der Waals surface area contributed by atoms with Crippen molar-refractivity contribution in [2.75, 3.05) is 11.9 Å². The van der Waals surface area contributed by atoms with Crippen LogP contribution in [0, 0.1) is 10.1 Å². The fourth-order valence-electron chi connectivity index (χ4n) is 0.922. The van der Waals surface area contributed by atoms with Crippen LogP contribution in [0.25, 0.3) is 0 Å². The van der Waals surface area contributed by atoms with Crippen molar-refractivity contribution in [2.45, 2.75) is 0 Å². The predicted molar refractivity (Wildman–Crippen MR) is 65.1 cm³/mol. The summed E-state index contributed by atoms with van der Waals surface area (Å²) in [6.45, 7) is 4.03. The molecule has 0 aliphatic rings. The second kappa shape index (κ2) is 5.22. The van der Waals surface area contributed by atoms with Crippen molar-refractivity contribution in [3.8, 4) is 0 Å². The molecule has 1 aromatic heterocycles. The summed E-state index contributed by atoms with van der Waals surface area (Å²) in [6, 6.07) is 0. The summed E-state index contributed by atoms with van der Waals surface area (Å²) in [7, 11) is 0. The Labute approximate surface area is 103 Å². The van der Waals surface area contributed by atoms with Crippen LogP contribution >= 0.6 is 31.9 Å². The van der Waals surface area contributed by atoms with Gasteiger partial charge in [-0.25, -0.2) is 0 Å². The molecule has 80 valence electrons. The lowest BCUT2D eigenvalue weighted by molar-refractivity contribution is -0.384. The van der Waals surface area contributed by atoms with Gasteiger partial charge in [-0.05, 0) is 15.9 Å². The second-order valence-electron chi connectivity index (χ2n) is 2.64. The van der Waals surface area contributed by atoms with E-state index in [2.05, 4.69) is 48.7 Å². The van der Waals surface area contributed by atoms with Crippen molar-refractivity contribution in [3.63, 3.8) is 0 Å². The highest BCUT2D eigenvalue weighted by Crippen LogP contribution is 2.31.